The number of halogens is 3. The molecule has 2 nitrogen and oxygen atoms in total. The van der Waals surface area contributed by atoms with Gasteiger partial charge in [0.2, 0.25) is 0 Å². The van der Waals surface area contributed by atoms with Crippen molar-refractivity contribution in [3.8, 4) is 12.3 Å². The van der Waals surface area contributed by atoms with Gasteiger partial charge in [-0.3, -0.25) is 5.84 Å². The molecule has 14 heavy (non-hydrogen) atoms. The smallest absolute Gasteiger partial charge is 0.133 e. The topological polar surface area (TPSA) is 38.0 Å². The first kappa shape index (κ1) is 11.1. The Hall–Kier alpha value is -0.960. The predicted molar refractivity (Wildman–Crippen MR) is 53.0 cm³/mol. The standard InChI is InChI=1S/C9H7BrF2N2/c1-2-8(14-13)9-6(11)3-5(10)4-7(9)12/h1,3-4,8,14H,13H2. The fraction of sp³-hybridized carbons (Fsp3) is 0.111. The second-order valence-corrected chi connectivity index (χ2v) is 3.47. The third kappa shape index (κ3) is 2.10. The summed E-state index contributed by atoms with van der Waals surface area (Å²) in [6, 6.07) is 1.28. The summed E-state index contributed by atoms with van der Waals surface area (Å²) in [7, 11) is 0. The van der Waals surface area contributed by atoms with Crippen LogP contribution in [0.3, 0.4) is 0 Å². The van der Waals surface area contributed by atoms with E-state index in [9.17, 15) is 8.78 Å². The highest BCUT2D eigenvalue weighted by Crippen LogP contribution is 2.23. The van der Waals surface area contributed by atoms with E-state index < -0.39 is 17.7 Å². The molecule has 0 saturated carbocycles. The Labute approximate surface area is 88.6 Å². The lowest BCUT2D eigenvalue weighted by molar-refractivity contribution is 0.521. The molecule has 1 atom stereocenters. The number of nitrogens with one attached hydrogen (secondary N) is 1. The van der Waals surface area contributed by atoms with Crippen molar-refractivity contribution in [3.63, 3.8) is 0 Å². The highest BCUT2D eigenvalue weighted by atomic mass is 79.9. The second-order valence-electron chi connectivity index (χ2n) is 2.55. The molecule has 0 radical (unpaired) electrons. The summed E-state index contributed by atoms with van der Waals surface area (Å²) in [5.41, 5.74) is 1.89. The predicted octanol–water partition coefficient (Wildman–Crippen LogP) is 1.86. The molecule has 0 aliphatic carbocycles. The molecular formula is C9H7BrF2N2. The van der Waals surface area contributed by atoms with E-state index in [4.69, 9.17) is 12.3 Å². The van der Waals surface area contributed by atoms with E-state index >= 15 is 0 Å². The number of rotatable bonds is 2. The summed E-state index contributed by atoms with van der Waals surface area (Å²) in [6.07, 6.45) is 5.05. The number of hydrogen-bond donors (Lipinski definition) is 2. The van der Waals surface area contributed by atoms with Crippen LogP contribution in [0.25, 0.3) is 0 Å². The Morgan fingerprint density at radius 1 is 1.43 bits per heavy atom. The van der Waals surface area contributed by atoms with Crippen LogP contribution in [0, 0.1) is 24.0 Å². The molecule has 0 bridgehead atoms. The third-order valence-corrected chi connectivity index (χ3v) is 2.12. The van der Waals surface area contributed by atoms with Crippen LogP contribution in [0.4, 0.5) is 8.78 Å². The minimum Gasteiger partial charge on any atom is -0.270 e. The lowest BCUT2D eigenvalue weighted by Crippen LogP contribution is -2.28. The van der Waals surface area contributed by atoms with Gasteiger partial charge in [0.25, 0.3) is 0 Å². The fourth-order valence-electron chi connectivity index (χ4n) is 1.04. The monoisotopic (exact) mass is 260 g/mol. The van der Waals surface area contributed by atoms with Gasteiger partial charge in [0.05, 0.1) is 5.56 Å². The van der Waals surface area contributed by atoms with Crippen molar-refractivity contribution in [2.45, 2.75) is 6.04 Å². The number of nitrogens with two attached hydrogens (primary N) is 1. The van der Waals surface area contributed by atoms with Crippen LogP contribution in [-0.2, 0) is 0 Å². The average Bonchev–Trinajstić information content (AvgIpc) is 2.10. The molecule has 1 rings (SSSR count). The molecule has 74 valence electrons. The van der Waals surface area contributed by atoms with Gasteiger partial charge in [-0.15, -0.1) is 6.42 Å². The maximum Gasteiger partial charge on any atom is 0.133 e. The summed E-state index contributed by atoms with van der Waals surface area (Å²) < 4.78 is 26.9. The molecule has 3 N–H and O–H groups in total. The van der Waals surface area contributed by atoms with E-state index in [1.165, 1.54) is 0 Å². The number of terminal acetylenes is 1. The van der Waals surface area contributed by atoms with Gasteiger partial charge in [-0.2, -0.15) is 0 Å². The van der Waals surface area contributed by atoms with E-state index in [-0.39, 0.29) is 5.56 Å². The lowest BCUT2D eigenvalue weighted by Gasteiger charge is -2.11. The summed E-state index contributed by atoms with van der Waals surface area (Å²) >= 11 is 2.96. The van der Waals surface area contributed by atoms with Gasteiger partial charge in [-0.1, -0.05) is 21.9 Å². The summed E-state index contributed by atoms with van der Waals surface area (Å²) in [6.45, 7) is 0. The molecular weight excluding hydrogens is 254 g/mol. The first-order chi connectivity index (χ1) is 6.60. The van der Waals surface area contributed by atoms with Crippen molar-refractivity contribution in [1.29, 1.82) is 0 Å². The Morgan fingerprint density at radius 2 is 1.93 bits per heavy atom. The SMILES string of the molecule is C#CC(NN)c1c(F)cc(Br)cc1F. The van der Waals surface area contributed by atoms with Crippen LogP contribution < -0.4 is 11.3 Å². The number of benzene rings is 1. The molecule has 1 unspecified atom stereocenters. The molecule has 0 amide bonds. The van der Waals surface area contributed by atoms with E-state index in [0.717, 1.165) is 12.1 Å². The molecule has 0 aliphatic rings. The Bertz CT molecular complexity index is 364. The Balaban J connectivity index is 3.28. The zero-order chi connectivity index (χ0) is 10.7. The maximum atomic E-state index is 13.3. The molecule has 0 aromatic heterocycles. The van der Waals surface area contributed by atoms with Crippen LogP contribution in [0.5, 0.6) is 0 Å². The van der Waals surface area contributed by atoms with Gasteiger partial charge in [0, 0.05) is 4.47 Å². The third-order valence-electron chi connectivity index (χ3n) is 1.67. The maximum absolute atomic E-state index is 13.3. The average molecular weight is 261 g/mol. The first-order valence-electron chi connectivity index (χ1n) is 3.67. The molecule has 1 aromatic carbocycles. The van der Waals surface area contributed by atoms with E-state index in [1.807, 2.05) is 0 Å². The van der Waals surface area contributed by atoms with Crippen molar-refractivity contribution in [2.75, 3.05) is 0 Å². The summed E-state index contributed by atoms with van der Waals surface area (Å²) in [5, 5.41) is 0. The summed E-state index contributed by atoms with van der Waals surface area (Å²) in [5.74, 6) is 5.71. The molecule has 0 spiro atoms. The molecule has 0 heterocycles. The van der Waals surface area contributed by atoms with E-state index in [0.29, 0.717) is 4.47 Å². The Morgan fingerprint density at radius 3 is 2.29 bits per heavy atom. The van der Waals surface area contributed by atoms with E-state index in [1.54, 1.807) is 0 Å². The first-order valence-corrected chi connectivity index (χ1v) is 4.46. The highest BCUT2D eigenvalue weighted by Gasteiger charge is 2.17. The van der Waals surface area contributed by atoms with Gasteiger partial charge in [-0.05, 0) is 12.1 Å². The van der Waals surface area contributed by atoms with Crippen molar-refractivity contribution in [1.82, 2.24) is 5.43 Å². The fourth-order valence-corrected chi connectivity index (χ4v) is 1.45. The summed E-state index contributed by atoms with van der Waals surface area (Å²) in [4.78, 5) is 0. The van der Waals surface area contributed by atoms with Crippen LogP contribution in [-0.4, -0.2) is 0 Å². The minimum absolute atomic E-state index is 0.252. The van der Waals surface area contributed by atoms with Crippen molar-refractivity contribution < 1.29 is 8.78 Å². The molecule has 0 fully saturated rings. The van der Waals surface area contributed by atoms with Gasteiger partial charge < -0.3 is 0 Å². The molecule has 0 aliphatic heterocycles. The van der Waals surface area contributed by atoms with Gasteiger partial charge in [0.1, 0.15) is 17.7 Å². The van der Waals surface area contributed by atoms with Crippen molar-refractivity contribution in [3.05, 3.63) is 33.8 Å². The zero-order valence-corrected chi connectivity index (χ0v) is 8.61. The van der Waals surface area contributed by atoms with Crippen LogP contribution in [0.2, 0.25) is 0 Å². The normalized spacial score (nSPS) is 12.2. The zero-order valence-electron chi connectivity index (χ0n) is 7.02. The molecule has 1 aromatic rings. The largest absolute Gasteiger partial charge is 0.270 e. The van der Waals surface area contributed by atoms with E-state index in [2.05, 4.69) is 27.3 Å². The van der Waals surface area contributed by atoms with Gasteiger partial charge in [-0.25, -0.2) is 14.2 Å². The van der Waals surface area contributed by atoms with Crippen molar-refractivity contribution >= 4 is 15.9 Å². The number of hydrazine groups is 1. The molecule has 0 saturated heterocycles. The molecule has 5 heteroatoms. The lowest BCUT2D eigenvalue weighted by atomic mass is 10.1. The minimum atomic E-state index is -0.969. The van der Waals surface area contributed by atoms with Crippen LogP contribution >= 0.6 is 15.9 Å². The van der Waals surface area contributed by atoms with Gasteiger partial charge in [0.15, 0.2) is 0 Å². The van der Waals surface area contributed by atoms with Crippen LogP contribution in [0.1, 0.15) is 11.6 Å². The Kier molecular flexibility index (Phi) is 3.58. The quantitative estimate of drug-likeness (QED) is 0.484. The highest BCUT2D eigenvalue weighted by molar-refractivity contribution is 9.10. The second kappa shape index (κ2) is 4.51. The van der Waals surface area contributed by atoms with Gasteiger partial charge >= 0.3 is 0 Å². The van der Waals surface area contributed by atoms with Crippen molar-refractivity contribution in [2.24, 2.45) is 5.84 Å². The number of hydrogen-bond acceptors (Lipinski definition) is 2. The van der Waals surface area contributed by atoms with Crippen LogP contribution in [0.15, 0.2) is 16.6 Å².